The van der Waals surface area contributed by atoms with Gasteiger partial charge in [-0.1, -0.05) is 38.8 Å². The number of hydrogen-bond donors (Lipinski definition) is 0. The Morgan fingerprint density at radius 1 is 1.22 bits per heavy atom. The molecule has 0 unspecified atom stereocenters. The summed E-state index contributed by atoms with van der Waals surface area (Å²) in [6, 6.07) is 8.08. The molecule has 1 aromatic heterocycles. The van der Waals surface area contributed by atoms with Crippen LogP contribution in [0.5, 0.6) is 0 Å². The minimum absolute atomic E-state index is 0.200. The van der Waals surface area contributed by atoms with E-state index in [1.54, 1.807) is 11.3 Å². The molecule has 0 saturated heterocycles. The van der Waals surface area contributed by atoms with Crippen LogP contribution in [0.3, 0.4) is 0 Å². The number of benzene rings is 1. The van der Waals surface area contributed by atoms with Crippen LogP contribution >= 0.6 is 43.2 Å². The normalized spacial score (nSPS) is 10.7. The molecule has 0 amide bonds. The molecule has 4 heteroatoms. The monoisotopic (exact) mass is 386 g/mol. The van der Waals surface area contributed by atoms with Crippen molar-refractivity contribution in [2.75, 3.05) is 0 Å². The van der Waals surface area contributed by atoms with Gasteiger partial charge in [-0.05, 0) is 36.8 Å². The van der Waals surface area contributed by atoms with Crippen molar-refractivity contribution in [1.82, 2.24) is 0 Å². The Kier molecular flexibility index (Phi) is 4.41. The van der Waals surface area contributed by atoms with Crippen molar-refractivity contribution < 1.29 is 4.79 Å². The summed E-state index contributed by atoms with van der Waals surface area (Å²) in [4.78, 5) is 13.6. The Hall–Kier alpha value is -0.450. The van der Waals surface area contributed by atoms with E-state index in [0.29, 0.717) is 6.42 Å². The number of carbonyl (C=O) groups is 1. The highest BCUT2D eigenvalue weighted by Crippen LogP contribution is 2.39. The molecule has 18 heavy (non-hydrogen) atoms. The zero-order chi connectivity index (χ0) is 13.3. The zero-order valence-corrected chi connectivity index (χ0v) is 14.1. The zero-order valence-electron chi connectivity index (χ0n) is 10.1. The highest BCUT2D eigenvalue weighted by Gasteiger charge is 2.13. The minimum Gasteiger partial charge on any atom is -0.293 e. The van der Waals surface area contributed by atoms with Crippen LogP contribution in [-0.2, 0) is 0 Å². The Morgan fingerprint density at radius 2 is 1.83 bits per heavy atom. The number of aryl methyl sites for hydroxylation is 1. The Bertz CT molecular complexity index is 579. The summed E-state index contributed by atoms with van der Waals surface area (Å²) < 4.78 is 2.10. The minimum atomic E-state index is 0.200. The van der Waals surface area contributed by atoms with E-state index in [2.05, 4.69) is 50.9 Å². The van der Waals surface area contributed by atoms with Gasteiger partial charge in [0.15, 0.2) is 5.78 Å². The first-order valence-electron chi connectivity index (χ1n) is 5.62. The van der Waals surface area contributed by atoms with Crippen molar-refractivity contribution in [3.8, 4) is 10.4 Å². The van der Waals surface area contributed by atoms with Crippen molar-refractivity contribution in [3.63, 3.8) is 0 Å². The van der Waals surface area contributed by atoms with Crippen LogP contribution in [-0.4, -0.2) is 5.78 Å². The van der Waals surface area contributed by atoms with E-state index >= 15 is 0 Å². The molecule has 0 atom stereocenters. The number of ketones is 1. The van der Waals surface area contributed by atoms with Crippen LogP contribution in [0.2, 0.25) is 0 Å². The van der Waals surface area contributed by atoms with Gasteiger partial charge in [-0.15, -0.1) is 11.3 Å². The van der Waals surface area contributed by atoms with Gasteiger partial charge in [0.05, 0.1) is 4.88 Å². The maximum absolute atomic E-state index is 11.7. The van der Waals surface area contributed by atoms with E-state index in [0.717, 1.165) is 24.3 Å². The SMILES string of the molecule is CCC(=O)c1ccc(-c2c(Br)cc(C)cc2Br)s1. The summed E-state index contributed by atoms with van der Waals surface area (Å²) in [5, 5.41) is 0. The third kappa shape index (κ3) is 2.76. The summed E-state index contributed by atoms with van der Waals surface area (Å²) >= 11 is 8.72. The largest absolute Gasteiger partial charge is 0.293 e. The highest BCUT2D eigenvalue weighted by molar-refractivity contribution is 9.11. The fourth-order valence-corrected chi connectivity index (χ4v) is 4.93. The molecule has 0 aliphatic carbocycles. The average molecular weight is 388 g/mol. The van der Waals surface area contributed by atoms with Gasteiger partial charge in [0.1, 0.15) is 0 Å². The maximum atomic E-state index is 11.7. The van der Waals surface area contributed by atoms with E-state index in [1.165, 1.54) is 5.56 Å². The third-order valence-electron chi connectivity index (χ3n) is 2.63. The fraction of sp³-hybridized carbons (Fsp3) is 0.214. The molecule has 1 nitrogen and oxygen atoms in total. The molecule has 0 spiro atoms. The molecular weight excluding hydrogens is 376 g/mol. The van der Waals surface area contributed by atoms with E-state index in [-0.39, 0.29) is 5.78 Å². The summed E-state index contributed by atoms with van der Waals surface area (Å²) in [5.74, 6) is 0.200. The molecule has 0 N–H and O–H groups in total. The molecule has 1 aromatic carbocycles. The van der Waals surface area contributed by atoms with Crippen molar-refractivity contribution >= 4 is 49.0 Å². The van der Waals surface area contributed by atoms with Crippen LogP contribution in [0, 0.1) is 6.92 Å². The van der Waals surface area contributed by atoms with Gasteiger partial charge >= 0.3 is 0 Å². The molecule has 0 bridgehead atoms. The second-order valence-corrected chi connectivity index (χ2v) is 6.84. The van der Waals surface area contributed by atoms with Gasteiger partial charge in [0, 0.05) is 25.8 Å². The van der Waals surface area contributed by atoms with Crippen molar-refractivity contribution in [2.24, 2.45) is 0 Å². The first kappa shape index (κ1) is 14.0. The van der Waals surface area contributed by atoms with Crippen LogP contribution < -0.4 is 0 Å². The Labute approximate surface area is 127 Å². The number of rotatable bonds is 3. The summed E-state index contributed by atoms with van der Waals surface area (Å²) in [6.07, 6.45) is 0.552. The summed E-state index contributed by atoms with van der Waals surface area (Å²) in [7, 11) is 0. The standard InChI is InChI=1S/C14H12Br2OS/c1-3-11(17)12-4-5-13(18-12)14-9(15)6-8(2)7-10(14)16/h4-7H,3H2,1-2H3. The number of thiophene rings is 1. The van der Waals surface area contributed by atoms with Crippen LogP contribution in [0.25, 0.3) is 10.4 Å². The van der Waals surface area contributed by atoms with Crippen molar-refractivity contribution in [1.29, 1.82) is 0 Å². The molecule has 0 aliphatic rings. The lowest BCUT2D eigenvalue weighted by atomic mass is 10.1. The summed E-state index contributed by atoms with van der Waals surface area (Å²) in [5.41, 5.74) is 2.31. The smallest absolute Gasteiger partial charge is 0.172 e. The van der Waals surface area contributed by atoms with Gasteiger partial charge in [0.25, 0.3) is 0 Å². The van der Waals surface area contributed by atoms with Crippen molar-refractivity contribution in [3.05, 3.63) is 43.7 Å². The molecule has 2 aromatic rings. The van der Waals surface area contributed by atoms with E-state index in [4.69, 9.17) is 0 Å². The first-order chi connectivity index (χ1) is 8.52. The van der Waals surface area contributed by atoms with Gasteiger partial charge in [-0.25, -0.2) is 0 Å². The van der Waals surface area contributed by atoms with Gasteiger partial charge in [-0.3, -0.25) is 4.79 Å². The number of Topliss-reactive ketones (excluding diaryl/α,β-unsaturated/α-hetero) is 1. The van der Waals surface area contributed by atoms with Gasteiger partial charge in [-0.2, -0.15) is 0 Å². The molecule has 0 aliphatic heterocycles. The van der Waals surface area contributed by atoms with E-state index < -0.39 is 0 Å². The molecular formula is C14H12Br2OS. The summed E-state index contributed by atoms with van der Waals surface area (Å²) in [6.45, 7) is 3.94. The number of carbonyl (C=O) groups excluding carboxylic acids is 1. The predicted octanol–water partition coefficient (Wildman–Crippen LogP) is 5.84. The van der Waals surface area contributed by atoms with Crippen LogP contribution in [0.4, 0.5) is 0 Å². The second kappa shape index (κ2) is 5.68. The lowest BCUT2D eigenvalue weighted by molar-refractivity contribution is 0.0992. The number of halogens is 2. The molecule has 0 radical (unpaired) electrons. The number of hydrogen-bond acceptors (Lipinski definition) is 2. The van der Waals surface area contributed by atoms with E-state index in [9.17, 15) is 4.79 Å². The van der Waals surface area contributed by atoms with Gasteiger partial charge in [0.2, 0.25) is 0 Å². The molecule has 0 fully saturated rings. The molecule has 0 saturated carbocycles. The highest BCUT2D eigenvalue weighted by atomic mass is 79.9. The topological polar surface area (TPSA) is 17.1 Å². The second-order valence-electron chi connectivity index (χ2n) is 4.04. The van der Waals surface area contributed by atoms with Gasteiger partial charge < -0.3 is 0 Å². The lowest BCUT2D eigenvalue weighted by Crippen LogP contribution is -1.90. The Morgan fingerprint density at radius 3 is 2.39 bits per heavy atom. The maximum Gasteiger partial charge on any atom is 0.172 e. The molecule has 1 heterocycles. The van der Waals surface area contributed by atoms with Crippen LogP contribution in [0.15, 0.2) is 33.2 Å². The van der Waals surface area contributed by atoms with Crippen molar-refractivity contribution in [2.45, 2.75) is 20.3 Å². The fourth-order valence-electron chi connectivity index (χ4n) is 1.73. The quantitative estimate of drug-likeness (QED) is 0.604. The third-order valence-corrected chi connectivity index (χ3v) is 5.03. The first-order valence-corrected chi connectivity index (χ1v) is 8.02. The predicted molar refractivity (Wildman–Crippen MR) is 84.5 cm³/mol. The molecule has 94 valence electrons. The lowest BCUT2D eigenvalue weighted by Gasteiger charge is -2.06. The van der Waals surface area contributed by atoms with Crippen LogP contribution in [0.1, 0.15) is 28.6 Å². The van der Waals surface area contributed by atoms with E-state index in [1.807, 2.05) is 19.1 Å². The average Bonchev–Trinajstić information content (AvgIpc) is 2.76. The Balaban J connectivity index is 2.49. The molecule has 2 rings (SSSR count).